The van der Waals surface area contributed by atoms with Crippen molar-refractivity contribution in [1.29, 1.82) is 0 Å². The quantitative estimate of drug-likeness (QED) is 0.410. The van der Waals surface area contributed by atoms with E-state index in [0.29, 0.717) is 18.8 Å². The monoisotopic (exact) mass is 374 g/mol. The smallest absolute Gasteiger partial charge is 0.306 e. The van der Waals surface area contributed by atoms with E-state index in [2.05, 4.69) is 18.7 Å². The van der Waals surface area contributed by atoms with Crippen LogP contribution in [0.4, 0.5) is 0 Å². The highest BCUT2D eigenvalue weighted by Crippen LogP contribution is 2.43. The summed E-state index contributed by atoms with van der Waals surface area (Å²) in [7, 11) is 0. The molecule has 0 saturated heterocycles. The summed E-state index contributed by atoms with van der Waals surface area (Å²) in [6.07, 6.45) is 12.9. The molecule has 3 rings (SSSR count). The Bertz CT molecular complexity index is 579. The van der Waals surface area contributed by atoms with E-state index in [-0.39, 0.29) is 12.1 Å². The molecule has 2 saturated carbocycles. The second-order valence-corrected chi connectivity index (χ2v) is 8.45. The van der Waals surface area contributed by atoms with Gasteiger partial charge in [-0.25, -0.2) is 0 Å². The number of carbonyl (C=O) groups excluding carboxylic acids is 1. The molecular weight excluding hydrogens is 344 g/mol. The third kappa shape index (κ3) is 5.36. The molecule has 0 spiro atoms. The highest BCUT2D eigenvalue weighted by atomic mass is 35.5. The number of rotatable bonds is 6. The maximum Gasteiger partial charge on any atom is 0.306 e. The zero-order chi connectivity index (χ0) is 18.4. The van der Waals surface area contributed by atoms with E-state index in [0.717, 1.165) is 29.7 Å². The van der Waals surface area contributed by atoms with Gasteiger partial charge in [-0.15, -0.1) is 6.58 Å². The van der Waals surface area contributed by atoms with Crippen molar-refractivity contribution in [1.82, 2.24) is 0 Å². The summed E-state index contributed by atoms with van der Waals surface area (Å²) in [5, 5.41) is 0.824. The summed E-state index contributed by atoms with van der Waals surface area (Å²) in [6, 6.07) is 8.42. The van der Waals surface area contributed by atoms with Crippen molar-refractivity contribution in [3.05, 3.63) is 47.5 Å². The Hall–Kier alpha value is -1.28. The van der Waals surface area contributed by atoms with E-state index < -0.39 is 0 Å². The molecule has 3 heteroatoms. The van der Waals surface area contributed by atoms with Crippen molar-refractivity contribution in [3.8, 4) is 0 Å². The molecular formula is C23H31ClO2. The number of esters is 1. The third-order valence-corrected chi connectivity index (χ3v) is 6.60. The first-order valence-corrected chi connectivity index (χ1v) is 10.6. The fraction of sp³-hybridized carbons (Fsp3) is 0.609. The van der Waals surface area contributed by atoms with E-state index in [4.69, 9.17) is 16.3 Å². The molecule has 1 aromatic carbocycles. The zero-order valence-electron chi connectivity index (χ0n) is 15.7. The van der Waals surface area contributed by atoms with Crippen molar-refractivity contribution in [2.45, 2.75) is 76.2 Å². The van der Waals surface area contributed by atoms with Crippen LogP contribution < -0.4 is 0 Å². The normalized spacial score (nSPS) is 29.1. The first-order chi connectivity index (χ1) is 12.7. The molecule has 26 heavy (non-hydrogen) atoms. The van der Waals surface area contributed by atoms with Crippen LogP contribution >= 0.6 is 11.6 Å². The SMILES string of the molecule is C=CCCC(=O)OC1CCC(C2CCC(c3ccc(Cl)cc3)CC2)CC1. The maximum absolute atomic E-state index is 11.8. The molecule has 0 unspecified atom stereocenters. The van der Waals surface area contributed by atoms with Crippen molar-refractivity contribution < 1.29 is 9.53 Å². The molecule has 1 aromatic rings. The molecule has 2 aliphatic carbocycles. The zero-order valence-corrected chi connectivity index (χ0v) is 16.4. The Morgan fingerprint density at radius 3 is 2.15 bits per heavy atom. The van der Waals surface area contributed by atoms with Crippen LogP contribution in [0.5, 0.6) is 0 Å². The molecule has 0 atom stereocenters. The maximum atomic E-state index is 11.8. The van der Waals surface area contributed by atoms with Crippen LogP contribution in [0.3, 0.4) is 0 Å². The minimum Gasteiger partial charge on any atom is -0.462 e. The molecule has 2 nitrogen and oxygen atoms in total. The third-order valence-electron chi connectivity index (χ3n) is 6.35. The molecule has 0 heterocycles. The van der Waals surface area contributed by atoms with Crippen LogP contribution in [-0.2, 0) is 9.53 Å². The van der Waals surface area contributed by atoms with E-state index in [1.165, 1.54) is 44.1 Å². The van der Waals surface area contributed by atoms with Crippen LogP contribution in [0.15, 0.2) is 36.9 Å². The molecule has 2 fully saturated rings. The van der Waals surface area contributed by atoms with Gasteiger partial charge in [-0.05, 0) is 93.2 Å². The fourth-order valence-electron chi connectivity index (χ4n) is 4.80. The second kappa shape index (κ2) is 9.60. The molecule has 0 bridgehead atoms. The van der Waals surface area contributed by atoms with Gasteiger partial charge < -0.3 is 4.74 Å². The lowest BCUT2D eigenvalue weighted by molar-refractivity contribution is -0.151. The molecule has 0 amide bonds. The van der Waals surface area contributed by atoms with Gasteiger partial charge in [-0.3, -0.25) is 4.79 Å². The van der Waals surface area contributed by atoms with E-state index >= 15 is 0 Å². The largest absolute Gasteiger partial charge is 0.462 e. The number of ether oxygens (including phenoxy) is 1. The molecule has 2 aliphatic rings. The van der Waals surface area contributed by atoms with Crippen LogP contribution in [-0.4, -0.2) is 12.1 Å². The number of allylic oxidation sites excluding steroid dienone is 1. The Balaban J connectivity index is 1.40. The van der Waals surface area contributed by atoms with Crippen LogP contribution in [0.2, 0.25) is 5.02 Å². The lowest BCUT2D eigenvalue weighted by Crippen LogP contribution is -2.29. The Labute approximate surface area is 163 Å². The Morgan fingerprint density at radius 1 is 1.00 bits per heavy atom. The summed E-state index contributed by atoms with van der Waals surface area (Å²) in [5.41, 5.74) is 1.45. The minimum absolute atomic E-state index is 0.0585. The molecule has 0 aromatic heterocycles. The highest BCUT2D eigenvalue weighted by molar-refractivity contribution is 6.30. The lowest BCUT2D eigenvalue weighted by Gasteiger charge is -2.37. The van der Waals surface area contributed by atoms with Crippen molar-refractivity contribution in [2.75, 3.05) is 0 Å². The predicted molar refractivity (Wildman–Crippen MR) is 107 cm³/mol. The van der Waals surface area contributed by atoms with Crippen LogP contribution in [0.25, 0.3) is 0 Å². The Kier molecular flexibility index (Phi) is 7.19. The fourth-order valence-corrected chi connectivity index (χ4v) is 4.93. The number of hydrogen-bond acceptors (Lipinski definition) is 2. The minimum atomic E-state index is -0.0585. The number of carbonyl (C=O) groups is 1. The standard InChI is InChI=1S/C23H31ClO2/c1-2-3-4-23(25)26-22-15-11-20(12-16-22)18-7-5-17(6-8-18)19-9-13-21(24)14-10-19/h2,9-10,13-14,17-18,20,22H,1,3-8,11-12,15-16H2. The van der Waals surface area contributed by atoms with Gasteiger partial charge in [0.2, 0.25) is 0 Å². The van der Waals surface area contributed by atoms with E-state index in [1.54, 1.807) is 6.08 Å². The molecule has 0 N–H and O–H groups in total. The van der Waals surface area contributed by atoms with Gasteiger partial charge in [0.1, 0.15) is 6.10 Å². The Morgan fingerprint density at radius 2 is 1.58 bits per heavy atom. The topological polar surface area (TPSA) is 26.3 Å². The van der Waals surface area contributed by atoms with E-state index in [1.807, 2.05) is 12.1 Å². The van der Waals surface area contributed by atoms with Gasteiger partial charge >= 0.3 is 5.97 Å². The first-order valence-electron chi connectivity index (χ1n) is 10.2. The van der Waals surface area contributed by atoms with Gasteiger partial charge in [0, 0.05) is 11.4 Å². The average Bonchev–Trinajstić information content (AvgIpc) is 2.68. The van der Waals surface area contributed by atoms with Crippen molar-refractivity contribution in [3.63, 3.8) is 0 Å². The van der Waals surface area contributed by atoms with Gasteiger partial charge in [-0.1, -0.05) is 29.8 Å². The lowest BCUT2D eigenvalue weighted by atomic mass is 9.69. The van der Waals surface area contributed by atoms with Gasteiger partial charge in [-0.2, -0.15) is 0 Å². The average molecular weight is 375 g/mol. The molecule has 0 aliphatic heterocycles. The molecule has 142 valence electrons. The summed E-state index contributed by atoms with van der Waals surface area (Å²) in [6.45, 7) is 3.66. The van der Waals surface area contributed by atoms with Gasteiger partial charge in [0.25, 0.3) is 0 Å². The summed E-state index contributed by atoms with van der Waals surface area (Å²) >= 11 is 6.01. The highest BCUT2D eigenvalue weighted by Gasteiger charge is 2.32. The van der Waals surface area contributed by atoms with Crippen LogP contribution in [0.1, 0.15) is 75.7 Å². The van der Waals surface area contributed by atoms with E-state index in [9.17, 15) is 4.79 Å². The number of benzene rings is 1. The summed E-state index contributed by atoms with van der Waals surface area (Å²) in [4.78, 5) is 11.8. The molecule has 0 radical (unpaired) electrons. The van der Waals surface area contributed by atoms with Gasteiger partial charge in [0.15, 0.2) is 0 Å². The van der Waals surface area contributed by atoms with Crippen molar-refractivity contribution >= 4 is 17.6 Å². The van der Waals surface area contributed by atoms with Gasteiger partial charge in [0.05, 0.1) is 0 Å². The summed E-state index contributed by atoms with van der Waals surface area (Å²) < 4.78 is 5.62. The summed E-state index contributed by atoms with van der Waals surface area (Å²) in [5.74, 6) is 2.32. The first kappa shape index (κ1) is 19.5. The van der Waals surface area contributed by atoms with Crippen LogP contribution in [0, 0.1) is 11.8 Å². The van der Waals surface area contributed by atoms with Crippen molar-refractivity contribution in [2.24, 2.45) is 11.8 Å². The number of hydrogen-bond donors (Lipinski definition) is 0. The predicted octanol–water partition coefficient (Wildman–Crippen LogP) is 6.68. The number of halogens is 1. The second-order valence-electron chi connectivity index (χ2n) is 8.02.